The van der Waals surface area contributed by atoms with Crippen molar-refractivity contribution in [3.8, 4) is 0 Å². The average Bonchev–Trinajstić information content (AvgIpc) is 3.14. The fourth-order valence-corrected chi connectivity index (χ4v) is 2.55. The summed E-state index contributed by atoms with van der Waals surface area (Å²) in [7, 11) is 0. The lowest BCUT2D eigenvalue weighted by Crippen LogP contribution is -2.47. The van der Waals surface area contributed by atoms with Gasteiger partial charge in [-0.05, 0) is 38.6 Å². The van der Waals surface area contributed by atoms with Crippen LogP contribution in [0, 0.1) is 0 Å². The molecule has 0 amide bonds. The highest BCUT2D eigenvalue weighted by molar-refractivity contribution is 4.87. The summed E-state index contributed by atoms with van der Waals surface area (Å²) < 4.78 is 0. The Morgan fingerprint density at radius 1 is 1.19 bits per heavy atom. The first-order valence-electron chi connectivity index (χ1n) is 6.94. The Hall–Kier alpha value is -0.120. The van der Waals surface area contributed by atoms with Gasteiger partial charge in [0, 0.05) is 32.2 Å². The van der Waals surface area contributed by atoms with Crippen molar-refractivity contribution in [2.75, 3.05) is 32.7 Å². The number of nitrogens with zero attached hydrogens (tertiary/aromatic N) is 2. The van der Waals surface area contributed by atoms with Crippen molar-refractivity contribution in [1.82, 2.24) is 9.80 Å². The number of aliphatic hydroxyl groups is 1. The van der Waals surface area contributed by atoms with Crippen LogP contribution in [0.4, 0.5) is 0 Å². The van der Waals surface area contributed by atoms with E-state index in [2.05, 4.69) is 16.7 Å². The molecule has 1 aliphatic carbocycles. The van der Waals surface area contributed by atoms with Crippen LogP contribution >= 0.6 is 0 Å². The normalized spacial score (nSPS) is 25.9. The molecule has 1 heterocycles. The number of hydrogen-bond donors (Lipinski definition) is 1. The van der Waals surface area contributed by atoms with Crippen LogP contribution in [0.5, 0.6) is 0 Å². The van der Waals surface area contributed by atoms with Gasteiger partial charge in [0.2, 0.25) is 0 Å². The van der Waals surface area contributed by atoms with Crippen molar-refractivity contribution < 1.29 is 5.11 Å². The lowest BCUT2D eigenvalue weighted by Gasteiger charge is -2.34. The Labute approximate surface area is 99.4 Å². The maximum absolute atomic E-state index is 9.48. The number of hydrogen-bond acceptors (Lipinski definition) is 3. The second kappa shape index (κ2) is 5.99. The van der Waals surface area contributed by atoms with Gasteiger partial charge in [-0.25, -0.2) is 0 Å². The first kappa shape index (κ1) is 12.3. The van der Waals surface area contributed by atoms with Crippen LogP contribution in [0.15, 0.2) is 0 Å². The lowest BCUT2D eigenvalue weighted by atomic mass is 10.1. The van der Waals surface area contributed by atoms with Gasteiger partial charge in [-0.15, -0.1) is 0 Å². The first-order valence-corrected chi connectivity index (χ1v) is 6.94. The molecule has 94 valence electrons. The van der Waals surface area contributed by atoms with E-state index in [1.807, 2.05) is 0 Å². The Bertz CT molecular complexity index is 198. The fourth-order valence-electron chi connectivity index (χ4n) is 2.55. The smallest absolute Gasteiger partial charge is 0.0538 e. The Morgan fingerprint density at radius 3 is 2.44 bits per heavy atom. The molecule has 1 unspecified atom stereocenters. The molecule has 0 radical (unpaired) electrons. The molecule has 0 spiro atoms. The van der Waals surface area contributed by atoms with Gasteiger partial charge in [0.15, 0.2) is 0 Å². The summed E-state index contributed by atoms with van der Waals surface area (Å²) in [5, 5.41) is 9.48. The molecule has 2 fully saturated rings. The van der Waals surface area contributed by atoms with Crippen molar-refractivity contribution in [2.24, 2.45) is 0 Å². The molecular formula is C13H26N2O. The van der Waals surface area contributed by atoms with Crippen LogP contribution in [-0.2, 0) is 0 Å². The van der Waals surface area contributed by atoms with Crippen molar-refractivity contribution in [1.29, 1.82) is 0 Å². The summed E-state index contributed by atoms with van der Waals surface area (Å²) in [5.74, 6) is 0. The quantitative estimate of drug-likeness (QED) is 0.740. The molecule has 0 aromatic rings. The minimum atomic E-state index is -0.0762. The predicted molar refractivity (Wildman–Crippen MR) is 66.6 cm³/mol. The van der Waals surface area contributed by atoms with Crippen LogP contribution in [0.2, 0.25) is 0 Å². The van der Waals surface area contributed by atoms with Crippen molar-refractivity contribution >= 4 is 0 Å². The van der Waals surface area contributed by atoms with Crippen LogP contribution in [0.3, 0.4) is 0 Å². The first-order chi connectivity index (χ1) is 7.79. The zero-order valence-corrected chi connectivity index (χ0v) is 10.6. The van der Waals surface area contributed by atoms with Gasteiger partial charge >= 0.3 is 0 Å². The molecule has 1 aliphatic heterocycles. The maximum Gasteiger partial charge on any atom is 0.0538 e. The lowest BCUT2D eigenvalue weighted by molar-refractivity contribution is 0.113. The summed E-state index contributed by atoms with van der Waals surface area (Å²) in [6.07, 6.45) is 5.81. The third kappa shape index (κ3) is 3.72. The van der Waals surface area contributed by atoms with E-state index in [0.29, 0.717) is 0 Å². The van der Waals surface area contributed by atoms with Crippen LogP contribution in [0.1, 0.15) is 39.0 Å². The maximum atomic E-state index is 9.48. The van der Waals surface area contributed by atoms with Crippen molar-refractivity contribution in [2.45, 2.75) is 51.2 Å². The minimum Gasteiger partial charge on any atom is -0.393 e. The minimum absolute atomic E-state index is 0.0762. The van der Waals surface area contributed by atoms with Gasteiger partial charge < -0.3 is 10.0 Å². The van der Waals surface area contributed by atoms with E-state index in [9.17, 15) is 5.11 Å². The van der Waals surface area contributed by atoms with Crippen LogP contribution < -0.4 is 0 Å². The summed E-state index contributed by atoms with van der Waals surface area (Å²) >= 11 is 0. The molecule has 1 saturated heterocycles. The molecule has 1 N–H and O–H groups in total. The summed E-state index contributed by atoms with van der Waals surface area (Å²) in [5.41, 5.74) is 0. The molecule has 1 saturated carbocycles. The van der Waals surface area contributed by atoms with Crippen LogP contribution in [-0.4, -0.2) is 59.8 Å². The molecule has 16 heavy (non-hydrogen) atoms. The van der Waals surface area contributed by atoms with Gasteiger partial charge in [0.25, 0.3) is 0 Å². The second-order valence-corrected chi connectivity index (χ2v) is 5.31. The van der Waals surface area contributed by atoms with Gasteiger partial charge in [0.1, 0.15) is 0 Å². The molecule has 3 heteroatoms. The number of rotatable bonds is 6. The third-order valence-corrected chi connectivity index (χ3v) is 3.95. The number of piperazine rings is 1. The Kier molecular flexibility index (Phi) is 4.62. The van der Waals surface area contributed by atoms with Crippen molar-refractivity contribution in [3.05, 3.63) is 0 Å². The van der Waals surface area contributed by atoms with E-state index < -0.39 is 0 Å². The molecule has 0 aromatic heterocycles. The number of aliphatic hydroxyl groups excluding tert-OH is 1. The largest absolute Gasteiger partial charge is 0.393 e. The predicted octanol–water partition coefficient (Wildman–Crippen LogP) is 1.32. The monoisotopic (exact) mass is 226 g/mol. The van der Waals surface area contributed by atoms with Gasteiger partial charge in [-0.2, -0.15) is 0 Å². The Morgan fingerprint density at radius 2 is 1.88 bits per heavy atom. The fraction of sp³-hybridized carbons (Fsp3) is 1.00. The molecule has 2 rings (SSSR count). The zero-order chi connectivity index (χ0) is 11.4. The van der Waals surface area contributed by atoms with E-state index in [1.54, 1.807) is 0 Å². The highest BCUT2D eigenvalue weighted by atomic mass is 16.3. The Balaban J connectivity index is 1.54. The molecule has 0 bridgehead atoms. The highest BCUT2D eigenvalue weighted by Crippen LogP contribution is 2.27. The summed E-state index contributed by atoms with van der Waals surface area (Å²) in [6.45, 7) is 8.23. The van der Waals surface area contributed by atoms with E-state index in [4.69, 9.17) is 0 Å². The SMILES string of the molecule is CCC(O)CCCN1CCN(C2CC2)CC1. The highest BCUT2D eigenvalue weighted by Gasteiger charge is 2.30. The zero-order valence-electron chi connectivity index (χ0n) is 10.6. The topological polar surface area (TPSA) is 26.7 Å². The summed E-state index contributed by atoms with van der Waals surface area (Å²) in [6, 6.07) is 0.934. The summed E-state index contributed by atoms with van der Waals surface area (Å²) in [4.78, 5) is 5.21. The van der Waals surface area contributed by atoms with Gasteiger partial charge in [-0.1, -0.05) is 6.92 Å². The molecule has 0 aromatic carbocycles. The van der Waals surface area contributed by atoms with Crippen LogP contribution in [0.25, 0.3) is 0 Å². The van der Waals surface area contributed by atoms with Crippen molar-refractivity contribution in [3.63, 3.8) is 0 Å². The standard InChI is InChI=1S/C13H26N2O/c1-2-13(16)4-3-7-14-8-10-15(11-9-14)12-5-6-12/h12-13,16H,2-11H2,1H3. The molecule has 2 aliphatic rings. The average molecular weight is 226 g/mol. The molecule has 3 nitrogen and oxygen atoms in total. The molecule has 1 atom stereocenters. The van der Waals surface area contributed by atoms with Gasteiger partial charge in [0.05, 0.1) is 6.10 Å². The van der Waals surface area contributed by atoms with E-state index in [0.717, 1.165) is 25.3 Å². The van der Waals surface area contributed by atoms with E-state index in [-0.39, 0.29) is 6.10 Å². The van der Waals surface area contributed by atoms with E-state index in [1.165, 1.54) is 45.6 Å². The van der Waals surface area contributed by atoms with Gasteiger partial charge in [-0.3, -0.25) is 4.90 Å². The second-order valence-electron chi connectivity index (χ2n) is 5.31. The third-order valence-electron chi connectivity index (χ3n) is 3.95. The molecular weight excluding hydrogens is 200 g/mol. The van der Waals surface area contributed by atoms with E-state index >= 15 is 0 Å².